The Morgan fingerprint density at radius 1 is 1.25 bits per heavy atom. The number of carbonyl (C=O) groups excluding carboxylic acids is 2. The quantitative estimate of drug-likeness (QED) is 0.441. The Morgan fingerprint density at radius 2 is 1.96 bits per heavy atom. The Kier molecular flexibility index (Phi) is 4.80. The van der Waals surface area contributed by atoms with E-state index >= 15 is 0 Å². The molecule has 3 fully saturated rings. The highest BCUT2D eigenvalue weighted by Crippen LogP contribution is 2.68. The van der Waals surface area contributed by atoms with E-state index in [1.807, 2.05) is 0 Å². The minimum Gasteiger partial charge on any atom is -0.459 e. The summed E-state index contributed by atoms with van der Waals surface area (Å²) in [5, 5.41) is 10.4. The van der Waals surface area contributed by atoms with E-state index in [1.54, 1.807) is 0 Å². The van der Waals surface area contributed by atoms with Gasteiger partial charge in [0, 0.05) is 18.3 Å². The van der Waals surface area contributed by atoms with Gasteiger partial charge in [0.05, 0.1) is 11.5 Å². The molecule has 0 saturated heterocycles. The maximum Gasteiger partial charge on any atom is 0.303 e. The summed E-state index contributed by atoms with van der Waals surface area (Å²) in [4.78, 5) is 24.4. The second-order valence-electron chi connectivity index (χ2n) is 10.3. The van der Waals surface area contributed by atoms with E-state index in [1.165, 1.54) is 18.8 Å². The van der Waals surface area contributed by atoms with Gasteiger partial charge in [0.25, 0.3) is 0 Å². The Bertz CT molecular complexity index is 699. The molecule has 28 heavy (non-hydrogen) atoms. The molecule has 4 aliphatic rings. The van der Waals surface area contributed by atoms with Crippen LogP contribution in [0.2, 0.25) is 0 Å². The van der Waals surface area contributed by atoms with Crippen LogP contribution in [0, 0.1) is 34.5 Å². The van der Waals surface area contributed by atoms with Crippen LogP contribution in [0.5, 0.6) is 0 Å². The summed E-state index contributed by atoms with van der Waals surface area (Å²) < 4.78 is 6.03. The maximum absolute atomic E-state index is 12.5. The molecule has 1 N–H and O–H groups in total. The van der Waals surface area contributed by atoms with Crippen molar-refractivity contribution in [3.05, 3.63) is 11.6 Å². The molecule has 4 nitrogen and oxygen atoms in total. The smallest absolute Gasteiger partial charge is 0.303 e. The molecular weight excluding hydrogens is 352 g/mol. The Hall–Kier alpha value is -1.16. The number of aliphatic hydroxyl groups is 1. The van der Waals surface area contributed by atoms with Crippen LogP contribution in [-0.4, -0.2) is 29.1 Å². The van der Waals surface area contributed by atoms with Gasteiger partial charge in [-0.1, -0.05) is 32.4 Å². The number of esters is 1. The van der Waals surface area contributed by atoms with Crippen molar-refractivity contribution in [1.29, 1.82) is 0 Å². The highest BCUT2D eigenvalue weighted by Gasteiger charge is 2.66. The van der Waals surface area contributed by atoms with Gasteiger partial charge in [-0.25, -0.2) is 0 Å². The number of hydrogen-bond donors (Lipinski definition) is 1. The van der Waals surface area contributed by atoms with Crippen molar-refractivity contribution in [2.75, 3.05) is 0 Å². The summed E-state index contributed by atoms with van der Waals surface area (Å²) >= 11 is 0. The molecule has 0 aromatic rings. The second-order valence-corrected chi connectivity index (χ2v) is 10.3. The number of allylic oxidation sites excluding steroid dienone is 1. The average Bonchev–Trinajstić information content (AvgIpc) is 2.96. The summed E-state index contributed by atoms with van der Waals surface area (Å²) in [6, 6.07) is 0. The van der Waals surface area contributed by atoms with Crippen molar-refractivity contribution in [3.8, 4) is 0 Å². The SMILES string of the molecule is CCC1(OC(C)=O)CC[C@H]2[C@@H]3CC=C4C(C)C(O)CC[C@]4(C=O)[C@@H]3CC[C@@]21C. The number of hydrogen-bond acceptors (Lipinski definition) is 4. The lowest BCUT2D eigenvalue weighted by Crippen LogP contribution is -2.57. The first kappa shape index (κ1) is 20.1. The number of fused-ring (bicyclic) bond motifs is 5. The molecule has 0 aliphatic heterocycles. The zero-order valence-electron chi connectivity index (χ0n) is 17.9. The summed E-state index contributed by atoms with van der Waals surface area (Å²) in [7, 11) is 0. The molecule has 8 atom stereocenters. The van der Waals surface area contributed by atoms with Gasteiger partial charge >= 0.3 is 5.97 Å². The first-order valence-corrected chi connectivity index (χ1v) is 11.3. The summed E-state index contributed by atoms with van der Waals surface area (Å²) in [6.45, 7) is 8.11. The molecule has 4 rings (SSSR count). The summed E-state index contributed by atoms with van der Waals surface area (Å²) in [6.07, 6.45) is 10.6. The Balaban J connectivity index is 1.72. The number of rotatable bonds is 3. The summed E-state index contributed by atoms with van der Waals surface area (Å²) in [5.74, 6) is 1.23. The van der Waals surface area contributed by atoms with Crippen LogP contribution in [-0.2, 0) is 14.3 Å². The zero-order chi connectivity index (χ0) is 20.3. The van der Waals surface area contributed by atoms with Gasteiger partial charge in [-0.2, -0.15) is 0 Å². The number of aliphatic hydroxyl groups excluding tert-OH is 1. The van der Waals surface area contributed by atoms with Gasteiger partial charge in [0.15, 0.2) is 0 Å². The van der Waals surface area contributed by atoms with Crippen molar-refractivity contribution in [2.24, 2.45) is 34.5 Å². The van der Waals surface area contributed by atoms with Crippen molar-refractivity contribution in [2.45, 2.75) is 90.8 Å². The molecule has 4 aliphatic carbocycles. The third-order valence-electron chi connectivity index (χ3n) is 9.58. The monoisotopic (exact) mass is 388 g/mol. The highest BCUT2D eigenvalue weighted by molar-refractivity contribution is 5.68. The molecule has 0 aromatic heterocycles. The number of ether oxygens (including phenoxy) is 1. The van der Waals surface area contributed by atoms with Crippen LogP contribution >= 0.6 is 0 Å². The minimum absolute atomic E-state index is 0.0101. The maximum atomic E-state index is 12.5. The van der Waals surface area contributed by atoms with Crippen LogP contribution in [0.4, 0.5) is 0 Å². The highest BCUT2D eigenvalue weighted by atomic mass is 16.6. The van der Waals surface area contributed by atoms with E-state index in [2.05, 4.69) is 26.8 Å². The molecule has 0 spiro atoms. The third kappa shape index (κ3) is 2.45. The first-order valence-electron chi connectivity index (χ1n) is 11.3. The topological polar surface area (TPSA) is 63.6 Å². The molecule has 0 amide bonds. The van der Waals surface area contributed by atoms with Crippen molar-refractivity contribution in [1.82, 2.24) is 0 Å². The molecule has 0 bridgehead atoms. The van der Waals surface area contributed by atoms with E-state index < -0.39 is 0 Å². The molecule has 0 aromatic carbocycles. The summed E-state index contributed by atoms with van der Waals surface area (Å²) in [5.41, 5.74) is 0.444. The van der Waals surface area contributed by atoms with Crippen LogP contribution in [0.15, 0.2) is 11.6 Å². The van der Waals surface area contributed by atoms with Crippen molar-refractivity contribution >= 4 is 12.3 Å². The molecule has 4 heteroatoms. The van der Waals surface area contributed by atoms with Gasteiger partial charge in [-0.15, -0.1) is 0 Å². The fourth-order valence-corrected chi connectivity index (χ4v) is 8.11. The molecular formula is C24H36O4. The van der Waals surface area contributed by atoms with Crippen LogP contribution in [0.3, 0.4) is 0 Å². The van der Waals surface area contributed by atoms with Crippen molar-refractivity contribution in [3.63, 3.8) is 0 Å². The van der Waals surface area contributed by atoms with E-state index in [9.17, 15) is 14.7 Å². The molecule has 3 unspecified atom stereocenters. The normalized spacial score (nSPS) is 50.0. The lowest BCUT2D eigenvalue weighted by Gasteiger charge is -2.59. The van der Waals surface area contributed by atoms with E-state index in [-0.39, 0.29) is 34.4 Å². The predicted octanol–water partition coefficient (Wildman–Crippen LogP) is 4.45. The van der Waals surface area contributed by atoms with Crippen molar-refractivity contribution < 1.29 is 19.4 Å². The lowest BCUT2D eigenvalue weighted by molar-refractivity contribution is -0.182. The van der Waals surface area contributed by atoms with Gasteiger partial charge in [-0.3, -0.25) is 4.79 Å². The lowest BCUT2D eigenvalue weighted by atomic mass is 9.45. The zero-order valence-corrected chi connectivity index (χ0v) is 17.9. The number of aldehydes is 1. The average molecular weight is 389 g/mol. The van der Waals surface area contributed by atoms with E-state index in [0.29, 0.717) is 17.8 Å². The minimum atomic E-state index is -0.387. The molecule has 0 radical (unpaired) electrons. The predicted molar refractivity (Wildman–Crippen MR) is 107 cm³/mol. The van der Waals surface area contributed by atoms with Crippen LogP contribution in [0.25, 0.3) is 0 Å². The van der Waals surface area contributed by atoms with Gasteiger partial charge in [-0.05, 0) is 69.1 Å². The van der Waals surface area contributed by atoms with Crippen LogP contribution in [0.1, 0.15) is 79.1 Å². The molecule has 0 heterocycles. The molecule has 156 valence electrons. The van der Waals surface area contributed by atoms with Gasteiger partial charge in [0.2, 0.25) is 0 Å². The van der Waals surface area contributed by atoms with Crippen LogP contribution < -0.4 is 0 Å². The fourth-order valence-electron chi connectivity index (χ4n) is 8.11. The molecule has 3 saturated carbocycles. The Labute approximate surface area is 169 Å². The third-order valence-corrected chi connectivity index (χ3v) is 9.58. The van der Waals surface area contributed by atoms with Gasteiger partial charge in [0.1, 0.15) is 11.9 Å². The fraction of sp³-hybridized carbons (Fsp3) is 0.833. The standard InChI is InChI=1S/C24H36O4/c1-5-24(28-16(3)26)13-9-19-17-6-7-18-15(2)21(27)10-12-23(18,14-25)20(17)8-11-22(19,24)4/h7,14-15,17,19-21,27H,5-6,8-13H2,1-4H3/t15?,17-,19-,20+,21?,22-,23+,24?/m0/s1. The first-order chi connectivity index (χ1) is 13.2. The largest absolute Gasteiger partial charge is 0.459 e. The van der Waals surface area contributed by atoms with E-state index in [4.69, 9.17) is 4.74 Å². The second kappa shape index (κ2) is 6.68. The van der Waals surface area contributed by atoms with Gasteiger partial charge < -0.3 is 14.6 Å². The number of carbonyl (C=O) groups is 2. The Morgan fingerprint density at radius 3 is 2.61 bits per heavy atom. The van der Waals surface area contributed by atoms with E-state index in [0.717, 1.165) is 51.4 Å².